The van der Waals surface area contributed by atoms with Gasteiger partial charge in [-0.2, -0.15) is 11.8 Å². The summed E-state index contributed by atoms with van der Waals surface area (Å²) in [6.07, 6.45) is 0. The van der Waals surface area contributed by atoms with E-state index in [4.69, 9.17) is 0 Å². The van der Waals surface area contributed by atoms with Gasteiger partial charge < -0.3 is 0 Å². The Balaban J connectivity index is 2.32. The van der Waals surface area contributed by atoms with Crippen LogP contribution in [0.3, 0.4) is 0 Å². The van der Waals surface area contributed by atoms with Crippen molar-refractivity contribution in [3.63, 3.8) is 0 Å². The first kappa shape index (κ1) is 9.53. The zero-order valence-electron chi connectivity index (χ0n) is 8.10. The molecule has 0 fully saturated rings. The molecule has 0 bridgehead atoms. The fourth-order valence-corrected chi connectivity index (χ4v) is 1.86. The Morgan fingerprint density at radius 2 is 2.07 bits per heavy atom. The van der Waals surface area contributed by atoms with E-state index in [0.29, 0.717) is 0 Å². The Labute approximate surface area is 88.6 Å². The Kier molecular flexibility index (Phi) is 3.04. The van der Waals surface area contributed by atoms with E-state index in [1.807, 2.05) is 19.1 Å². The standard InChI is InChI=1S/C12H12NS/c1-2-14-9-11-8-7-10-5-3-4-6-12(10)13-11/h2-8H,9H2,1H3. The quantitative estimate of drug-likeness (QED) is 0.753. The average molecular weight is 202 g/mol. The molecule has 1 aromatic heterocycles. The summed E-state index contributed by atoms with van der Waals surface area (Å²) in [6, 6.07) is 12.4. The maximum atomic E-state index is 4.57. The molecule has 0 aliphatic carbocycles. The third-order valence-corrected chi connectivity index (χ3v) is 2.85. The van der Waals surface area contributed by atoms with Crippen molar-refractivity contribution in [2.24, 2.45) is 0 Å². The van der Waals surface area contributed by atoms with Crippen molar-refractivity contribution in [1.29, 1.82) is 0 Å². The van der Waals surface area contributed by atoms with Crippen LogP contribution in [0, 0.1) is 5.75 Å². The first-order valence-corrected chi connectivity index (χ1v) is 5.69. The lowest BCUT2D eigenvalue weighted by Crippen LogP contribution is -1.86. The van der Waals surface area contributed by atoms with Gasteiger partial charge in [-0.1, -0.05) is 31.2 Å². The van der Waals surface area contributed by atoms with Crippen LogP contribution in [0.1, 0.15) is 12.6 Å². The third kappa shape index (κ3) is 2.07. The molecule has 14 heavy (non-hydrogen) atoms. The summed E-state index contributed by atoms with van der Waals surface area (Å²) < 4.78 is 0. The molecule has 1 heterocycles. The van der Waals surface area contributed by atoms with Gasteiger partial charge in [-0.3, -0.25) is 4.98 Å². The summed E-state index contributed by atoms with van der Waals surface area (Å²) in [4.78, 5) is 4.57. The van der Waals surface area contributed by atoms with E-state index < -0.39 is 0 Å². The van der Waals surface area contributed by atoms with Gasteiger partial charge in [0.1, 0.15) is 0 Å². The molecule has 2 rings (SSSR count). The topological polar surface area (TPSA) is 12.9 Å². The highest BCUT2D eigenvalue weighted by molar-refractivity contribution is 8.00. The van der Waals surface area contributed by atoms with Crippen LogP contribution >= 0.6 is 11.8 Å². The van der Waals surface area contributed by atoms with Crippen molar-refractivity contribution >= 4 is 22.7 Å². The molecule has 0 N–H and O–H groups in total. The second kappa shape index (κ2) is 4.47. The minimum Gasteiger partial charge on any atom is -0.252 e. The zero-order chi connectivity index (χ0) is 9.80. The minimum absolute atomic E-state index is 0.960. The van der Waals surface area contributed by atoms with Gasteiger partial charge in [-0.05, 0) is 12.1 Å². The molecule has 0 spiro atoms. The molecule has 2 heteroatoms. The molecule has 0 atom stereocenters. The Morgan fingerprint density at radius 1 is 1.21 bits per heavy atom. The lowest BCUT2D eigenvalue weighted by Gasteiger charge is -2.01. The Morgan fingerprint density at radius 3 is 2.93 bits per heavy atom. The number of hydrogen-bond acceptors (Lipinski definition) is 2. The highest BCUT2D eigenvalue weighted by Gasteiger charge is 1.96. The normalized spacial score (nSPS) is 10.6. The van der Waals surface area contributed by atoms with E-state index in [1.54, 1.807) is 11.8 Å². The van der Waals surface area contributed by atoms with E-state index in [2.05, 4.69) is 35.0 Å². The maximum absolute atomic E-state index is 4.57. The van der Waals surface area contributed by atoms with Gasteiger partial charge >= 0.3 is 0 Å². The van der Waals surface area contributed by atoms with Gasteiger partial charge in [0, 0.05) is 16.9 Å². The number of nitrogens with zero attached hydrogens (tertiary/aromatic N) is 1. The number of hydrogen-bond donors (Lipinski definition) is 0. The zero-order valence-corrected chi connectivity index (χ0v) is 8.92. The van der Waals surface area contributed by atoms with Crippen molar-refractivity contribution < 1.29 is 0 Å². The molecular formula is C12H12NS. The van der Waals surface area contributed by atoms with Crippen molar-refractivity contribution in [3.05, 3.63) is 47.8 Å². The SMILES string of the molecule is C[CH]SCc1ccc2ccccc2n1. The fourth-order valence-electron chi connectivity index (χ4n) is 1.36. The van der Waals surface area contributed by atoms with Gasteiger partial charge in [0.25, 0.3) is 0 Å². The second-order valence-corrected chi connectivity index (χ2v) is 4.14. The lowest BCUT2D eigenvalue weighted by molar-refractivity contribution is 1.23. The van der Waals surface area contributed by atoms with E-state index >= 15 is 0 Å². The van der Waals surface area contributed by atoms with Gasteiger partial charge in [0.2, 0.25) is 0 Å². The molecule has 0 saturated carbocycles. The van der Waals surface area contributed by atoms with E-state index in [-0.39, 0.29) is 0 Å². The first-order chi connectivity index (χ1) is 6.90. The van der Waals surface area contributed by atoms with E-state index in [1.165, 1.54) is 5.39 Å². The summed E-state index contributed by atoms with van der Waals surface area (Å²) in [5.41, 5.74) is 2.23. The van der Waals surface area contributed by atoms with Crippen LogP contribution < -0.4 is 0 Å². The van der Waals surface area contributed by atoms with Crippen LogP contribution in [0.25, 0.3) is 10.9 Å². The van der Waals surface area contributed by atoms with Crippen LogP contribution in [-0.2, 0) is 5.75 Å². The van der Waals surface area contributed by atoms with Crippen LogP contribution in [0.15, 0.2) is 36.4 Å². The van der Waals surface area contributed by atoms with Crippen molar-refractivity contribution in [3.8, 4) is 0 Å². The minimum atomic E-state index is 0.960. The molecule has 71 valence electrons. The van der Waals surface area contributed by atoms with Gasteiger partial charge in [-0.25, -0.2) is 0 Å². The highest BCUT2D eigenvalue weighted by Crippen LogP contribution is 2.16. The predicted octanol–water partition coefficient (Wildman–Crippen LogP) is 3.65. The summed E-state index contributed by atoms with van der Waals surface area (Å²) in [7, 11) is 0. The molecule has 1 radical (unpaired) electrons. The predicted molar refractivity (Wildman–Crippen MR) is 63.0 cm³/mol. The van der Waals surface area contributed by atoms with Crippen LogP contribution in [-0.4, -0.2) is 4.98 Å². The van der Waals surface area contributed by atoms with E-state index in [0.717, 1.165) is 17.0 Å². The molecule has 1 aromatic carbocycles. The largest absolute Gasteiger partial charge is 0.252 e. The van der Waals surface area contributed by atoms with Crippen molar-refractivity contribution in [1.82, 2.24) is 4.98 Å². The maximum Gasteiger partial charge on any atom is 0.0705 e. The highest BCUT2D eigenvalue weighted by atomic mass is 32.2. The third-order valence-electron chi connectivity index (χ3n) is 2.05. The number of rotatable bonds is 3. The summed E-state index contributed by atoms with van der Waals surface area (Å²) in [5.74, 6) is 3.05. The molecule has 0 aliphatic rings. The Hall–Kier alpha value is -1.02. The monoisotopic (exact) mass is 202 g/mol. The summed E-state index contributed by atoms with van der Waals surface area (Å²) >= 11 is 1.78. The van der Waals surface area contributed by atoms with Gasteiger partial charge in [0.05, 0.1) is 11.2 Å². The van der Waals surface area contributed by atoms with Crippen LogP contribution in [0.2, 0.25) is 0 Å². The van der Waals surface area contributed by atoms with Gasteiger partial charge in [0.15, 0.2) is 0 Å². The number of para-hydroxylation sites is 1. The number of aromatic nitrogens is 1. The van der Waals surface area contributed by atoms with Crippen LogP contribution in [0.4, 0.5) is 0 Å². The molecule has 1 nitrogen and oxygen atoms in total. The van der Waals surface area contributed by atoms with Gasteiger partial charge in [-0.15, -0.1) is 0 Å². The number of pyridine rings is 1. The van der Waals surface area contributed by atoms with Crippen molar-refractivity contribution in [2.45, 2.75) is 12.7 Å². The molecule has 2 aromatic rings. The summed E-state index contributed by atoms with van der Waals surface area (Å²) in [5, 5.41) is 1.21. The first-order valence-electron chi connectivity index (χ1n) is 4.64. The number of benzene rings is 1. The lowest BCUT2D eigenvalue weighted by atomic mass is 10.2. The summed E-state index contributed by atoms with van der Waals surface area (Å²) in [6.45, 7) is 2.05. The average Bonchev–Trinajstić information content (AvgIpc) is 2.26. The number of thioether (sulfide) groups is 1. The van der Waals surface area contributed by atoms with E-state index in [9.17, 15) is 0 Å². The fraction of sp³-hybridized carbons (Fsp3) is 0.167. The van der Waals surface area contributed by atoms with Crippen molar-refractivity contribution in [2.75, 3.05) is 0 Å². The molecule has 0 amide bonds. The number of fused-ring (bicyclic) bond motifs is 1. The molecule has 0 unspecified atom stereocenters. The van der Waals surface area contributed by atoms with Crippen LogP contribution in [0.5, 0.6) is 0 Å². The molecule has 0 saturated heterocycles. The second-order valence-electron chi connectivity index (χ2n) is 3.04. The molecule has 0 aliphatic heterocycles. The molecular weight excluding hydrogens is 190 g/mol. The smallest absolute Gasteiger partial charge is 0.0705 e. The Bertz CT molecular complexity index is 425.